The van der Waals surface area contributed by atoms with Crippen LogP contribution in [0, 0.1) is 6.92 Å². The summed E-state index contributed by atoms with van der Waals surface area (Å²) in [6.45, 7) is 4.55. The Labute approximate surface area is 136 Å². The summed E-state index contributed by atoms with van der Waals surface area (Å²) in [7, 11) is 1.61. The van der Waals surface area contributed by atoms with Gasteiger partial charge in [0.1, 0.15) is 24.2 Å². The topological polar surface area (TPSA) is 76.5 Å². The van der Waals surface area contributed by atoms with Gasteiger partial charge >= 0.3 is 0 Å². The van der Waals surface area contributed by atoms with Gasteiger partial charge in [-0.2, -0.15) is 0 Å². The number of benzene rings is 1. The molecule has 0 radical (unpaired) electrons. The molecule has 0 aliphatic rings. The van der Waals surface area contributed by atoms with Crippen molar-refractivity contribution in [1.29, 1.82) is 0 Å². The fourth-order valence-corrected chi connectivity index (χ4v) is 2.05. The minimum atomic E-state index is -0.660. The summed E-state index contributed by atoms with van der Waals surface area (Å²) < 4.78 is 10.6. The number of aryl methyl sites for hydroxylation is 2. The molecule has 2 rings (SSSR count). The van der Waals surface area contributed by atoms with Crippen molar-refractivity contribution in [1.82, 2.24) is 9.97 Å². The number of anilines is 1. The first kappa shape index (κ1) is 17.0. The predicted octanol–water partition coefficient (Wildman–Crippen LogP) is 2.21. The van der Waals surface area contributed by atoms with Crippen molar-refractivity contribution in [3.05, 3.63) is 41.7 Å². The van der Waals surface area contributed by atoms with Crippen molar-refractivity contribution < 1.29 is 14.6 Å². The molecule has 1 atom stereocenters. The molecule has 6 nitrogen and oxygen atoms in total. The molecular formula is C17H23N3O3. The van der Waals surface area contributed by atoms with Gasteiger partial charge in [0.15, 0.2) is 0 Å². The molecule has 1 aromatic heterocycles. The van der Waals surface area contributed by atoms with Crippen molar-refractivity contribution >= 4 is 5.95 Å². The van der Waals surface area contributed by atoms with Gasteiger partial charge in [0.25, 0.3) is 0 Å². The minimum Gasteiger partial charge on any atom is -0.497 e. The van der Waals surface area contributed by atoms with Crippen LogP contribution < -0.4 is 14.8 Å². The number of hydrogen-bond donors (Lipinski definition) is 2. The molecule has 0 aliphatic heterocycles. The highest BCUT2D eigenvalue weighted by Gasteiger charge is 2.08. The third-order valence-electron chi connectivity index (χ3n) is 3.41. The van der Waals surface area contributed by atoms with Crippen molar-refractivity contribution in [3.8, 4) is 11.5 Å². The van der Waals surface area contributed by atoms with Crippen LogP contribution >= 0.6 is 0 Å². The van der Waals surface area contributed by atoms with E-state index in [2.05, 4.69) is 22.2 Å². The minimum absolute atomic E-state index is 0.186. The van der Waals surface area contributed by atoms with E-state index in [9.17, 15) is 5.11 Å². The largest absolute Gasteiger partial charge is 0.497 e. The molecule has 0 unspecified atom stereocenters. The van der Waals surface area contributed by atoms with E-state index in [4.69, 9.17) is 9.47 Å². The van der Waals surface area contributed by atoms with E-state index < -0.39 is 6.10 Å². The zero-order valence-corrected chi connectivity index (χ0v) is 13.7. The Morgan fingerprint density at radius 1 is 1.22 bits per heavy atom. The molecule has 124 valence electrons. The lowest BCUT2D eigenvalue weighted by molar-refractivity contribution is 0.117. The number of nitrogens with zero attached hydrogens (tertiary/aromatic N) is 2. The fourth-order valence-electron chi connectivity index (χ4n) is 2.05. The van der Waals surface area contributed by atoms with E-state index in [1.807, 2.05) is 19.1 Å². The van der Waals surface area contributed by atoms with E-state index in [-0.39, 0.29) is 6.61 Å². The van der Waals surface area contributed by atoms with Crippen LogP contribution in [-0.2, 0) is 6.42 Å². The van der Waals surface area contributed by atoms with Gasteiger partial charge in [-0.3, -0.25) is 0 Å². The normalized spacial score (nSPS) is 11.8. The summed E-state index contributed by atoms with van der Waals surface area (Å²) in [5.41, 5.74) is 2.08. The first-order chi connectivity index (χ1) is 11.1. The average molecular weight is 317 g/mol. The summed E-state index contributed by atoms with van der Waals surface area (Å²) in [6, 6.07) is 7.23. The summed E-state index contributed by atoms with van der Waals surface area (Å²) in [5, 5.41) is 13.0. The van der Waals surface area contributed by atoms with Gasteiger partial charge in [0.2, 0.25) is 5.95 Å². The molecule has 1 aromatic carbocycles. The van der Waals surface area contributed by atoms with Crippen LogP contribution in [0.2, 0.25) is 0 Å². The van der Waals surface area contributed by atoms with Crippen LogP contribution in [0.25, 0.3) is 0 Å². The molecule has 0 bridgehead atoms. The summed E-state index contributed by atoms with van der Waals surface area (Å²) in [6.07, 6.45) is 1.98. The maximum Gasteiger partial charge on any atom is 0.222 e. The number of aromatic nitrogens is 2. The molecule has 0 saturated heterocycles. The van der Waals surface area contributed by atoms with Crippen LogP contribution in [0.15, 0.2) is 30.5 Å². The molecule has 2 aromatic rings. The van der Waals surface area contributed by atoms with E-state index >= 15 is 0 Å². The van der Waals surface area contributed by atoms with Gasteiger partial charge in [-0.25, -0.2) is 9.97 Å². The molecule has 23 heavy (non-hydrogen) atoms. The first-order valence-electron chi connectivity index (χ1n) is 7.63. The molecule has 0 fully saturated rings. The Morgan fingerprint density at radius 2 is 1.91 bits per heavy atom. The molecule has 0 amide bonds. The first-order valence-corrected chi connectivity index (χ1v) is 7.63. The Hall–Kier alpha value is -2.34. The molecule has 0 spiro atoms. The summed E-state index contributed by atoms with van der Waals surface area (Å²) >= 11 is 0. The lowest BCUT2D eigenvalue weighted by atomic mass is 10.2. The second-order valence-corrected chi connectivity index (χ2v) is 5.20. The Balaban J connectivity index is 1.79. The van der Waals surface area contributed by atoms with Crippen LogP contribution in [0.1, 0.15) is 18.2 Å². The van der Waals surface area contributed by atoms with Gasteiger partial charge < -0.3 is 19.9 Å². The third-order valence-corrected chi connectivity index (χ3v) is 3.41. The second-order valence-electron chi connectivity index (χ2n) is 5.20. The standard InChI is InChI=1S/C17H23N3O3/c1-4-16-12(2)9-18-17(20-16)19-10-13(21)11-23-15-7-5-14(22-3)6-8-15/h5-9,13,21H,4,10-11H2,1-3H3,(H,18,19,20)/t13-/m0/s1. The van der Waals surface area contributed by atoms with E-state index in [0.717, 1.165) is 23.4 Å². The van der Waals surface area contributed by atoms with Crippen LogP contribution in [0.5, 0.6) is 11.5 Å². The zero-order chi connectivity index (χ0) is 16.7. The highest BCUT2D eigenvalue weighted by Crippen LogP contribution is 2.17. The second kappa shape index (κ2) is 8.33. The Bertz CT molecular complexity index is 617. The van der Waals surface area contributed by atoms with Crippen LogP contribution in [0.3, 0.4) is 0 Å². The van der Waals surface area contributed by atoms with Gasteiger partial charge in [0, 0.05) is 18.4 Å². The molecule has 6 heteroatoms. The number of nitrogens with one attached hydrogen (secondary N) is 1. The average Bonchev–Trinajstić information content (AvgIpc) is 2.59. The van der Waals surface area contributed by atoms with E-state index in [1.54, 1.807) is 25.4 Å². The zero-order valence-electron chi connectivity index (χ0n) is 13.7. The van der Waals surface area contributed by atoms with Crippen molar-refractivity contribution in [2.24, 2.45) is 0 Å². The predicted molar refractivity (Wildman–Crippen MR) is 89.1 cm³/mol. The smallest absolute Gasteiger partial charge is 0.222 e. The van der Waals surface area contributed by atoms with Crippen molar-refractivity contribution in [3.63, 3.8) is 0 Å². The number of ether oxygens (including phenoxy) is 2. The molecule has 0 saturated carbocycles. The van der Waals surface area contributed by atoms with Crippen molar-refractivity contribution in [2.75, 3.05) is 25.6 Å². The molecule has 2 N–H and O–H groups in total. The van der Waals surface area contributed by atoms with Gasteiger partial charge in [0.05, 0.1) is 7.11 Å². The van der Waals surface area contributed by atoms with Crippen molar-refractivity contribution in [2.45, 2.75) is 26.4 Å². The van der Waals surface area contributed by atoms with Crippen LogP contribution in [0.4, 0.5) is 5.95 Å². The fraction of sp³-hybridized carbons (Fsp3) is 0.412. The quantitative estimate of drug-likeness (QED) is 0.777. The third kappa shape index (κ3) is 5.10. The highest BCUT2D eigenvalue weighted by atomic mass is 16.5. The Kier molecular flexibility index (Phi) is 6.17. The number of rotatable bonds is 8. The van der Waals surface area contributed by atoms with Gasteiger partial charge in [-0.1, -0.05) is 6.92 Å². The number of aliphatic hydroxyl groups is 1. The van der Waals surface area contributed by atoms with Gasteiger partial charge in [-0.15, -0.1) is 0 Å². The Morgan fingerprint density at radius 3 is 2.57 bits per heavy atom. The van der Waals surface area contributed by atoms with Crippen LogP contribution in [-0.4, -0.2) is 41.4 Å². The maximum atomic E-state index is 9.99. The van der Waals surface area contributed by atoms with E-state index in [0.29, 0.717) is 18.2 Å². The number of methoxy groups -OCH3 is 1. The summed E-state index contributed by atoms with van der Waals surface area (Å²) in [5.74, 6) is 1.98. The maximum absolute atomic E-state index is 9.99. The SMILES string of the molecule is CCc1nc(NC[C@H](O)COc2ccc(OC)cc2)ncc1C. The molecule has 1 heterocycles. The number of aliphatic hydroxyl groups excluding tert-OH is 1. The van der Waals surface area contributed by atoms with Gasteiger partial charge in [-0.05, 0) is 43.2 Å². The summed E-state index contributed by atoms with van der Waals surface area (Å²) in [4.78, 5) is 8.62. The molecular weight excluding hydrogens is 294 g/mol. The highest BCUT2D eigenvalue weighted by molar-refractivity contribution is 5.31. The molecule has 0 aliphatic carbocycles. The van der Waals surface area contributed by atoms with E-state index in [1.165, 1.54) is 0 Å². The lowest BCUT2D eigenvalue weighted by Gasteiger charge is -2.14. The number of hydrogen-bond acceptors (Lipinski definition) is 6. The lowest BCUT2D eigenvalue weighted by Crippen LogP contribution is -2.27. The monoisotopic (exact) mass is 317 g/mol.